The number of ether oxygens (including phenoxy) is 1. The summed E-state index contributed by atoms with van der Waals surface area (Å²) in [4.78, 5) is 0. The van der Waals surface area contributed by atoms with Gasteiger partial charge in [-0.1, -0.05) is 11.2 Å². The Labute approximate surface area is 117 Å². The van der Waals surface area contributed by atoms with Crippen molar-refractivity contribution in [3.05, 3.63) is 46.6 Å². The van der Waals surface area contributed by atoms with E-state index in [-0.39, 0.29) is 11.9 Å². The Morgan fingerprint density at radius 2 is 2.15 bits per heavy atom. The number of benzene rings is 1. The number of aromatic nitrogens is 1. The lowest BCUT2D eigenvalue weighted by Crippen LogP contribution is -2.19. The van der Waals surface area contributed by atoms with Gasteiger partial charge in [-0.3, -0.25) is 0 Å². The summed E-state index contributed by atoms with van der Waals surface area (Å²) in [6.07, 6.45) is 0. The number of rotatable bonds is 5. The molecule has 0 aliphatic heterocycles. The fourth-order valence-corrected chi connectivity index (χ4v) is 2.27. The van der Waals surface area contributed by atoms with Crippen LogP contribution in [0.1, 0.15) is 35.5 Å². The van der Waals surface area contributed by atoms with E-state index >= 15 is 0 Å². The van der Waals surface area contributed by atoms with Gasteiger partial charge >= 0.3 is 0 Å². The highest BCUT2D eigenvalue weighted by molar-refractivity contribution is 5.29. The molecule has 5 heteroatoms. The molecule has 0 saturated heterocycles. The van der Waals surface area contributed by atoms with Gasteiger partial charge in [-0.2, -0.15) is 0 Å². The van der Waals surface area contributed by atoms with Gasteiger partial charge in [-0.05, 0) is 26.8 Å². The average Bonchev–Trinajstić information content (AvgIpc) is 2.76. The van der Waals surface area contributed by atoms with Crippen molar-refractivity contribution in [2.45, 2.75) is 33.4 Å². The Kier molecular flexibility index (Phi) is 4.39. The molecular weight excluding hydrogens is 259 g/mol. The summed E-state index contributed by atoms with van der Waals surface area (Å²) in [5.74, 6) is 1.03. The molecule has 1 heterocycles. The fourth-order valence-electron chi connectivity index (χ4n) is 2.27. The molecule has 0 aliphatic carbocycles. The Bertz CT molecular complexity index is 576. The summed E-state index contributed by atoms with van der Waals surface area (Å²) >= 11 is 0. The van der Waals surface area contributed by atoms with Crippen molar-refractivity contribution in [1.29, 1.82) is 0 Å². The van der Waals surface area contributed by atoms with E-state index in [1.807, 2.05) is 20.8 Å². The van der Waals surface area contributed by atoms with Crippen LogP contribution in [0.2, 0.25) is 0 Å². The lowest BCUT2D eigenvalue weighted by atomic mass is 10.1. The zero-order chi connectivity index (χ0) is 14.7. The van der Waals surface area contributed by atoms with Crippen molar-refractivity contribution in [2.24, 2.45) is 0 Å². The van der Waals surface area contributed by atoms with Gasteiger partial charge < -0.3 is 14.6 Å². The third kappa shape index (κ3) is 2.99. The lowest BCUT2D eigenvalue weighted by Gasteiger charge is -2.14. The van der Waals surface area contributed by atoms with Crippen molar-refractivity contribution < 1.29 is 13.7 Å². The SMILES string of the molecule is COc1ccc(CNC(C)c2c(C)noc2C)c(F)c1. The normalized spacial score (nSPS) is 12.4. The first-order chi connectivity index (χ1) is 9.52. The molecule has 1 N–H and O–H groups in total. The Balaban J connectivity index is 2.05. The zero-order valence-electron chi connectivity index (χ0n) is 12.2. The second kappa shape index (κ2) is 6.05. The van der Waals surface area contributed by atoms with Crippen LogP contribution in [-0.4, -0.2) is 12.3 Å². The van der Waals surface area contributed by atoms with E-state index in [1.54, 1.807) is 12.1 Å². The number of aryl methyl sites for hydroxylation is 2. The average molecular weight is 278 g/mol. The first-order valence-electron chi connectivity index (χ1n) is 6.51. The molecular formula is C15H19FN2O2. The second-order valence-corrected chi connectivity index (χ2v) is 4.80. The van der Waals surface area contributed by atoms with Crippen LogP contribution in [-0.2, 0) is 6.54 Å². The molecule has 0 bridgehead atoms. The van der Waals surface area contributed by atoms with E-state index < -0.39 is 0 Å². The standard InChI is InChI=1S/C15H19FN2O2/c1-9(15-10(2)18-20-11(15)3)17-8-12-5-6-13(19-4)7-14(12)16/h5-7,9,17H,8H2,1-4H3. The smallest absolute Gasteiger partial charge is 0.138 e. The van der Waals surface area contributed by atoms with Gasteiger partial charge in [0.2, 0.25) is 0 Å². The highest BCUT2D eigenvalue weighted by Crippen LogP contribution is 2.22. The minimum Gasteiger partial charge on any atom is -0.497 e. The van der Waals surface area contributed by atoms with Crippen LogP contribution < -0.4 is 10.1 Å². The van der Waals surface area contributed by atoms with Crippen LogP contribution in [0, 0.1) is 19.7 Å². The van der Waals surface area contributed by atoms with Gasteiger partial charge in [0.1, 0.15) is 17.3 Å². The van der Waals surface area contributed by atoms with Gasteiger partial charge in [-0.25, -0.2) is 4.39 Å². The number of nitrogens with zero attached hydrogens (tertiary/aromatic N) is 1. The van der Waals surface area contributed by atoms with Gasteiger partial charge in [0.05, 0.1) is 12.8 Å². The third-order valence-corrected chi connectivity index (χ3v) is 3.38. The quantitative estimate of drug-likeness (QED) is 0.911. The summed E-state index contributed by atoms with van der Waals surface area (Å²) in [5, 5.41) is 7.21. The minimum atomic E-state index is -0.275. The molecule has 2 aromatic rings. The van der Waals surface area contributed by atoms with Crippen LogP contribution in [0.4, 0.5) is 4.39 Å². The first-order valence-corrected chi connectivity index (χ1v) is 6.51. The first kappa shape index (κ1) is 14.5. The summed E-state index contributed by atoms with van der Waals surface area (Å²) in [7, 11) is 1.52. The van der Waals surface area contributed by atoms with Crippen molar-refractivity contribution >= 4 is 0 Å². The predicted octanol–water partition coefficient (Wildman–Crippen LogP) is 3.29. The van der Waals surface area contributed by atoms with E-state index in [0.29, 0.717) is 17.9 Å². The third-order valence-electron chi connectivity index (χ3n) is 3.38. The van der Waals surface area contributed by atoms with E-state index in [0.717, 1.165) is 17.0 Å². The molecule has 1 atom stereocenters. The predicted molar refractivity (Wildman–Crippen MR) is 74.2 cm³/mol. The molecule has 0 aliphatic rings. The summed E-state index contributed by atoms with van der Waals surface area (Å²) in [5.41, 5.74) is 2.49. The minimum absolute atomic E-state index is 0.0442. The van der Waals surface area contributed by atoms with Crippen LogP contribution in [0.5, 0.6) is 5.75 Å². The molecule has 1 unspecified atom stereocenters. The summed E-state index contributed by atoms with van der Waals surface area (Å²) in [6, 6.07) is 4.90. The Hall–Kier alpha value is -1.88. The highest BCUT2D eigenvalue weighted by Gasteiger charge is 2.16. The molecule has 4 nitrogen and oxygen atoms in total. The van der Waals surface area contributed by atoms with E-state index in [4.69, 9.17) is 9.26 Å². The summed E-state index contributed by atoms with van der Waals surface area (Å²) in [6.45, 7) is 6.22. The van der Waals surface area contributed by atoms with E-state index in [1.165, 1.54) is 13.2 Å². The molecule has 1 aromatic carbocycles. The molecule has 0 saturated carbocycles. The molecule has 20 heavy (non-hydrogen) atoms. The second-order valence-electron chi connectivity index (χ2n) is 4.80. The van der Waals surface area contributed by atoms with Crippen molar-refractivity contribution in [2.75, 3.05) is 7.11 Å². The van der Waals surface area contributed by atoms with Gasteiger partial charge in [0, 0.05) is 29.8 Å². The Morgan fingerprint density at radius 1 is 1.40 bits per heavy atom. The maximum atomic E-state index is 13.8. The van der Waals surface area contributed by atoms with Crippen molar-refractivity contribution in [3.8, 4) is 5.75 Å². The van der Waals surface area contributed by atoms with E-state index in [9.17, 15) is 4.39 Å². The number of hydrogen-bond donors (Lipinski definition) is 1. The van der Waals surface area contributed by atoms with Gasteiger partial charge in [0.15, 0.2) is 0 Å². The number of hydrogen-bond acceptors (Lipinski definition) is 4. The number of nitrogens with one attached hydrogen (secondary N) is 1. The van der Waals surface area contributed by atoms with Gasteiger partial charge in [-0.15, -0.1) is 0 Å². The lowest BCUT2D eigenvalue weighted by molar-refractivity contribution is 0.390. The largest absolute Gasteiger partial charge is 0.497 e. The van der Waals surface area contributed by atoms with Crippen LogP contribution in [0.3, 0.4) is 0 Å². The van der Waals surface area contributed by atoms with Crippen molar-refractivity contribution in [1.82, 2.24) is 10.5 Å². The highest BCUT2D eigenvalue weighted by atomic mass is 19.1. The molecule has 2 rings (SSSR count). The number of methoxy groups -OCH3 is 1. The van der Waals surface area contributed by atoms with Crippen molar-refractivity contribution in [3.63, 3.8) is 0 Å². The van der Waals surface area contributed by atoms with Crippen LogP contribution in [0.25, 0.3) is 0 Å². The monoisotopic (exact) mass is 278 g/mol. The van der Waals surface area contributed by atoms with Crippen LogP contribution in [0.15, 0.2) is 22.7 Å². The molecule has 0 fully saturated rings. The van der Waals surface area contributed by atoms with Crippen LogP contribution >= 0.6 is 0 Å². The topological polar surface area (TPSA) is 47.3 Å². The fraction of sp³-hybridized carbons (Fsp3) is 0.400. The summed E-state index contributed by atoms with van der Waals surface area (Å²) < 4.78 is 24.0. The molecule has 0 spiro atoms. The van der Waals surface area contributed by atoms with Gasteiger partial charge in [0.25, 0.3) is 0 Å². The molecule has 108 valence electrons. The zero-order valence-corrected chi connectivity index (χ0v) is 12.2. The molecule has 0 amide bonds. The maximum absolute atomic E-state index is 13.8. The maximum Gasteiger partial charge on any atom is 0.138 e. The molecule has 0 radical (unpaired) electrons. The molecule has 1 aromatic heterocycles. The number of halogens is 1. The van der Waals surface area contributed by atoms with E-state index in [2.05, 4.69) is 10.5 Å². The Morgan fingerprint density at radius 3 is 2.70 bits per heavy atom.